The molecular formula is C16H21N3O3. The molecule has 22 heavy (non-hydrogen) atoms. The second kappa shape index (κ2) is 7.20. The van der Waals surface area contributed by atoms with Crippen LogP contribution in [0, 0.1) is 13.8 Å². The molecule has 0 spiro atoms. The van der Waals surface area contributed by atoms with Crippen LogP contribution < -0.4 is 5.32 Å². The normalized spacial score (nSPS) is 11.0. The largest absolute Gasteiger partial charge is 0.368 e. The van der Waals surface area contributed by atoms with Crippen molar-refractivity contribution in [2.75, 3.05) is 6.54 Å². The van der Waals surface area contributed by atoms with Crippen LogP contribution in [0.5, 0.6) is 0 Å². The van der Waals surface area contributed by atoms with Crippen molar-refractivity contribution in [1.82, 2.24) is 15.1 Å². The van der Waals surface area contributed by atoms with Gasteiger partial charge in [-0.05, 0) is 44.9 Å². The first-order valence-corrected chi connectivity index (χ1v) is 7.25. The van der Waals surface area contributed by atoms with Crippen molar-refractivity contribution >= 4 is 5.91 Å². The Labute approximate surface area is 129 Å². The summed E-state index contributed by atoms with van der Waals surface area (Å²) in [5.74, 6) is -0.228. The van der Waals surface area contributed by atoms with E-state index in [-0.39, 0.29) is 12.3 Å². The molecule has 0 aliphatic rings. The summed E-state index contributed by atoms with van der Waals surface area (Å²) in [6, 6.07) is 9.50. The highest BCUT2D eigenvalue weighted by Crippen LogP contribution is 2.13. The highest BCUT2D eigenvalue weighted by molar-refractivity contribution is 5.93. The maximum atomic E-state index is 12.3. The van der Waals surface area contributed by atoms with Crippen molar-refractivity contribution in [3.63, 3.8) is 0 Å². The van der Waals surface area contributed by atoms with Gasteiger partial charge in [-0.3, -0.25) is 4.79 Å². The number of amides is 1. The molecular weight excluding hydrogens is 282 g/mol. The lowest BCUT2D eigenvalue weighted by molar-refractivity contribution is -0.0460. The van der Waals surface area contributed by atoms with Crippen LogP contribution in [0.4, 0.5) is 0 Å². The second-order valence-electron chi connectivity index (χ2n) is 5.30. The van der Waals surface area contributed by atoms with Gasteiger partial charge in [0.1, 0.15) is 5.69 Å². The summed E-state index contributed by atoms with van der Waals surface area (Å²) >= 11 is 0. The summed E-state index contributed by atoms with van der Waals surface area (Å²) in [5.41, 5.74) is 3.19. The summed E-state index contributed by atoms with van der Waals surface area (Å²) in [5, 5.41) is 24.7. The fourth-order valence-corrected chi connectivity index (χ4v) is 2.12. The predicted molar refractivity (Wildman–Crippen MR) is 82.8 cm³/mol. The Bertz CT molecular complexity index is 633. The highest BCUT2D eigenvalue weighted by atomic mass is 16.5. The molecule has 1 aromatic carbocycles. The first kappa shape index (κ1) is 16.2. The van der Waals surface area contributed by atoms with Gasteiger partial charge >= 0.3 is 0 Å². The number of nitrogens with one attached hydrogen (secondary N) is 1. The second-order valence-corrected chi connectivity index (χ2v) is 5.30. The summed E-state index contributed by atoms with van der Waals surface area (Å²) in [7, 11) is 0. The molecule has 6 heteroatoms. The number of aliphatic hydroxyl groups is 2. The minimum absolute atomic E-state index is 0.228. The number of rotatable bonds is 6. The van der Waals surface area contributed by atoms with E-state index in [0.29, 0.717) is 18.7 Å². The first-order valence-electron chi connectivity index (χ1n) is 7.25. The number of aliphatic hydroxyl groups excluding tert-OH is 1. The van der Waals surface area contributed by atoms with E-state index in [1.54, 1.807) is 10.7 Å². The maximum absolute atomic E-state index is 12.3. The topological polar surface area (TPSA) is 87.4 Å². The number of carbonyl (C=O) groups excluding carboxylic acids is 1. The first-order chi connectivity index (χ1) is 10.5. The van der Waals surface area contributed by atoms with Gasteiger partial charge in [0.05, 0.1) is 11.4 Å². The Kier molecular flexibility index (Phi) is 5.30. The van der Waals surface area contributed by atoms with Crippen LogP contribution in [-0.4, -0.2) is 38.7 Å². The number of benzene rings is 1. The maximum Gasteiger partial charge on any atom is 0.270 e. The Morgan fingerprint density at radius 3 is 2.59 bits per heavy atom. The van der Waals surface area contributed by atoms with Crippen molar-refractivity contribution in [2.24, 2.45) is 0 Å². The van der Waals surface area contributed by atoms with Crippen molar-refractivity contribution in [2.45, 2.75) is 33.0 Å². The predicted octanol–water partition coefficient (Wildman–Crippen LogP) is 1.31. The number of hydrogen-bond acceptors (Lipinski definition) is 4. The quantitative estimate of drug-likeness (QED) is 0.554. The standard InChI is InChI=1S/C16H21N3O3/c1-11-5-7-13(8-6-11)19-14(10-12(2)18-19)16(22)17-9-3-4-15(20)21/h5-8,10,15,20-21H,3-4,9H2,1-2H3,(H,17,22). The number of aryl methyl sites for hydroxylation is 2. The van der Waals surface area contributed by atoms with Crippen molar-refractivity contribution in [3.05, 3.63) is 47.3 Å². The van der Waals surface area contributed by atoms with Gasteiger partial charge in [0.15, 0.2) is 6.29 Å². The zero-order valence-electron chi connectivity index (χ0n) is 12.8. The van der Waals surface area contributed by atoms with Crippen LogP contribution in [0.2, 0.25) is 0 Å². The Balaban J connectivity index is 2.10. The highest BCUT2D eigenvalue weighted by Gasteiger charge is 2.15. The average molecular weight is 303 g/mol. The summed E-state index contributed by atoms with van der Waals surface area (Å²) in [4.78, 5) is 12.3. The van der Waals surface area contributed by atoms with Gasteiger partial charge in [-0.25, -0.2) is 4.68 Å². The lowest BCUT2D eigenvalue weighted by Gasteiger charge is -2.09. The van der Waals surface area contributed by atoms with Crippen LogP contribution >= 0.6 is 0 Å². The van der Waals surface area contributed by atoms with Crippen LogP contribution in [0.15, 0.2) is 30.3 Å². The molecule has 0 aliphatic carbocycles. The third-order valence-electron chi connectivity index (χ3n) is 3.27. The molecule has 0 aliphatic heterocycles. The Morgan fingerprint density at radius 1 is 1.27 bits per heavy atom. The van der Waals surface area contributed by atoms with Crippen molar-refractivity contribution in [3.8, 4) is 5.69 Å². The van der Waals surface area contributed by atoms with Crippen LogP contribution in [0.3, 0.4) is 0 Å². The molecule has 3 N–H and O–H groups in total. The molecule has 1 aromatic heterocycles. The fourth-order valence-electron chi connectivity index (χ4n) is 2.12. The molecule has 118 valence electrons. The van der Waals surface area contributed by atoms with Gasteiger partial charge in [0, 0.05) is 6.54 Å². The zero-order chi connectivity index (χ0) is 16.1. The Hall–Kier alpha value is -2.18. The molecule has 0 atom stereocenters. The lowest BCUT2D eigenvalue weighted by Crippen LogP contribution is -2.27. The average Bonchev–Trinajstić information content (AvgIpc) is 2.86. The van der Waals surface area contributed by atoms with E-state index in [9.17, 15) is 4.79 Å². The van der Waals surface area contributed by atoms with E-state index in [4.69, 9.17) is 10.2 Å². The molecule has 2 rings (SSSR count). The zero-order valence-corrected chi connectivity index (χ0v) is 12.8. The van der Waals surface area contributed by atoms with Crippen LogP contribution in [0.25, 0.3) is 5.69 Å². The molecule has 0 saturated heterocycles. The number of nitrogens with zero attached hydrogens (tertiary/aromatic N) is 2. The summed E-state index contributed by atoms with van der Waals surface area (Å²) in [6.45, 7) is 4.22. The van der Waals surface area contributed by atoms with Crippen LogP contribution in [0.1, 0.15) is 34.6 Å². The van der Waals surface area contributed by atoms with Gasteiger partial charge in [-0.1, -0.05) is 17.7 Å². The summed E-state index contributed by atoms with van der Waals surface area (Å²) < 4.78 is 1.62. The molecule has 1 heterocycles. The van der Waals surface area contributed by atoms with E-state index in [2.05, 4.69) is 10.4 Å². The van der Waals surface area contributed by atoms with Gasteiger partial charge in [-0.2, -0.15) is 5.10 Å². The van der Waals surface area contributed by atoms with Gasteiger partial charge in [0.25, 0.3) is 5.91 Å². The van der Waals surface area contributed by atoms with E-state index in [1.165, 1.54) is 0 Å². The molecule has 0 saturated carbocycles. The molecule has 1 amide bonds. The van der Waals surface area contributed by atoms with E-state index < -0.39 is 6.29 Å². The molecule has 0 bridgehead atoms. The monoisotopic (exact) mass is 303 g/mol. The van der Waals surface area contributed by atoms with E-state index >= 15 is 0 Å². The minimum atomic E-state index is -1.34. The molecule has 0 unspecified atom stereocenters. The smallest absolute Gasteiger partial charge is 0.270 e. The minimum Gasteiger partial charge on any atom is -0.368 e. The van der Waals surface area contributed by atoms with Crippen molar-refractivity contribution in [1.29, 1.82) is 0 Å². The van der Waals surface area contributed by atoms with E-state index in [1.807, 2.05) is 38.1 Å². The SMILES string of the molecule is Cc1ccc(-n2nc(C)cc2C(=O)NCCCC(O)O)cc1. The van der Waals surface area contributed by atoms with Gasteiger partial charge < -0.3 is 15.5 Å². The van der Waals surface area contributed by atoms with Gasteiger partial charge in [0.2, 0.25) is 0 Å². The number of hydrogen-bond donors (Lipinski definition) is 3. The third kappa shape index (κ3) is 4.16. The molecule has 0 radical (unpaired) electrons. The van der Waals surface area contributed by atoms with Crippen LogP contribution in [-0.2, 0) is 0 Å². The number of carbonyl (C=O) groups is 1. The lowest BCUT2D eigenvalue weighted by atomic mass is 10.2. The molecule has 2 aromatic rings. The van der Waals surface area contributed by atoms with E-state index in [0.717, 1.165) is 16.9 Å². The number of aromatic nitrogens is 2. The molecule has 0 fully saturated rings. The third-order valence-corrected chi connectivity index (χ3v) is 3.27. The Morgan fingerprint density at radius 2 is 1.95 bits per heavy atom. The summed E-state index contributed by atoms with van der Waals surface area (Å²) in [6.07, 6.45) is -0.602. The van der Waals surface area contributed by atoms with Gasteiger partial charge in [-0.15, -0.1) is 0 Å². The molecule has 6 nitrogen and oxygen atoms in total. The fraction of sp³-hybridized carbons (Fsp3) is 0.375. The van der Waals surface area contributed by atoms with Crippen molar-refractivity contribution < 1.29 is 15.0 Å².